The molecule has 18 heavy (non-hydrogen) atoms. The number of hydrogen-bond acceptors (Lipinski definition) is 3. The number of carbonyl (C=O) groups excluding carboxylic acids is 1. The second-order valence-electron chi connectivity index (χ2n) is 6.03. The summed E-state index contributed by atoms with van der Waals surface area (Å²) < 4.78 is 0. The summed E-state index contributed by atoms with van der Waals surface area (Å²) in [5, 5.41) is 6.56. The average Bonchev–Trinajstić information content (AvgIpc) is 3.12. The molecule has 1 saturated carbocycles. The Hall–Kier alpha value is -0.610. The first-order valence-electron chi connectivity index (χ1n) is 7.42. The zero-order chi connectivity index (χ0) is 13.0. The normalized spacial score (nSPS) is 24.6. The second kappa shape index (κ2) is 6.53. The van der Waals surface area contributed by atoms with E-state index < -0.39 is 0 Å². The van der Waals surface area contributed by atoms with Gasteiger partial charge in [-0.15, -0.1) is 0 Å². The van der Waals surface area contributed by atoms with E-state index >= 15 is 0 Å². The fourth-order valence-corrected chi connectivity index (χ4v) is 2.70. The fourth-order valence-electron chi connectivity index (χ4n) is 2.70. The van der Waals surface area contributed by atoms with Gasteiger partial charge in [-0.1, -0.05) is 6.42 Å². The molecule has 0 bridgehead atoms. The van der Waals surface area contributed by atoms with Gasteiger partial charge in [0.2, 0.25) is 5.91 Å². The Labute approximate surface area is 110 Å². The summed E-state index contributed by atoms with van der Waals surface area (Å²) in [6, 6.07) is 1.49. The minimum atomic E-state index is 0.174. The third-order valence-electron chi connectivity index (χ3n) is 3.73. The Morgan fingerprint density at radius 1 is 1.33 bits per heavy atom. The van der Waals surface area contributed by atoms with Crippen molar-refractivity contribution in [1.82, 2.24) is 15.5 Å². The number of carbonyl (C=O) groups is 1. The maximum absolute atomic E-state index is 11.9. The van der Waals surface area contributed by atoms with Crippen LogP contribution >= 0.6 is 0 Å². The van der Waals surface area contributed by atoms with Crippen LogP contribution in [-0.4, -0.2) is 48.6 Å². The van der Waals surface area contributed by atoms with Crippen molar-refractivity contribution in [3.05, 3.63) is 0 Å². The smallest absolute Gasteiger partial charge is 0.234 e. The monoisotopic (exact) mass is 253 g/mol. The summed E-state index contributed by atoms with van der Waals surface area (Å²) in [4.78, 5) is 14.2. The van der Waals surface area contributed by atoms with Gasteiger partial charge in [-0.3, -0.25) is 9.69 Å². The molecule has 1 atom stereocenters. The van der Waals surface area contributed by atoms with E-state index in [0.717, 1.165) is 13.1 Å². The molecule has 2 rings (SSSR count). The van der Waals surface area contributed by atoms with Crippen LogP contribution in [0.15, 0.2) is 0 Å². The van der Waals surface area contributed by atoms with Crippen LogP contribution in [0.3, 0.4) is 0 Å². The molecule has 2 N–H and O–H groups in total. The summed E-state index contributed by atoms with van der Waals surface area (Å²) in [5.74, 6) is 0.174. The Kier molecular flexibility index (Phi) is 5.01. The molecule has 4 heteroatoms. The van der Waals surface area contributed by atoms with E-state index in [4.69, 9.17) is 0 Å². The first-order chi connectivity index (χ1) is 8.65. The maximum Gasteiger partial charge on any atom is 0.234 e. The van der Waals surface area contributed by atoms with Gasteiger partial charge in [0, 0.05) is 24.7 Å². The van der Waals surface area contributed by atoms with Crippen molar-refractivity contribution in [2.75, 3.05) is 19.6 Å². The van der Waals surface area contributed by atoms with Gasteiger partial charge < -0.3 is 10.6 Å². The van der Waals surface area contributed by atoms with Gasteiger partial charge in [-0.05, 0) is 46.1 Å². The lowest BCUT2D eigenvalue weighted by atomic mass is 10.0. The highest BCUT2D eigenvalue weighted by atomic mass is 16.2. The molecular weight excluding hydrogens is 226 g/mol. The molecule has 0 spiro atoms. The molecule has 1 unspecified atom stereocenters. The highest BCUT2D eigenvalue weighted by molar-refractivity contribution is 5.78. The molecule has 0 aromatic rings. The first-order valence-corrected chi connectivity index (χ1v) is 7.42. The van der Waals surface area contributed by atoms with Crippen molar-refractivity contribution in [3.8, 4) is 0 Å². The van der Waals surface area contributed by atoms with E-state index in [1.807, 2.05) is 13.8 Å². The van der Waals surface area contributed by atoms with Gasteiger partial charge in [0.05, 0.1) is 6.54 Å². The van der Waals surface area contributed by atoms with Crippen molar-refractivity contribution in [3.63, 3.8) is 0 Å². The SMILES string of the molecule is CC(C)NC(=O)CN(CC1CCCCN1)C1CC1. The molecule has 0 radical (unpaired) electrons. The molecule has 4 nitrogen and oxygen atoms in total. The van der Waals surface area contributed by atoms with Crippen LogP contribution in [0.5, 0.6) is 0 Å². The molecule has 1 amide bonds. The van der Waals surface area contributed by atoms with Crippen LogP contribution < -0.4 is 10.6 Å². The standard InChI is InChI=1S/C14H27N3O/c1-11(2)16-14(18)10-17(13-6-7-13)9-12-5-3-4-8-15-12/h11-13,15H,3-10H2,1-2H3,(H,16,18). The molecule has 1 aliphatic carbocycles. The van der Waals surface area contributed by atoms with Gasteiger partial charge in [0.25, 0.3) is 0 Å². The van der Waals surface area contributed by atoms with Gasteiger partial charge in [-0.25, -0.2) is 0 Å². The van der Waals surface area contributed by atoms with Crippen molar-refractivity contribution >= 4 is 5.91 Å². The highest BCUT2D eigenvalue weighted by Gasteiger charge is 2.32. The Morgan fingerprint density at radius 2 is 2.11 bits per heavy atom. The molecule has 1 saturated heterocycles. The van der Waals surface area contributed by atoms with Crippen molar-refractivity contribution in [2.24, 2.45) is 0 Å². The van der Waals surface area contributed by atoms with Crippen molar-refractivity contribution in [2.45, 2.75) is 64.1 Å². The third-order valence-corrected chi connectivity index (χ3v) is 3.73. The van der Waals surface area contributed by atoms with Crippen LogP contribution in [0.2, 0.25) is 0 Å². The van der Waals surface area contributed by atoms with Gasteiger partial charge in [0.1, 0.15) is 0 Å². The molecule has 2 aliphatic rings. The lowest BCUT2D eigenvalue weighted by Gasteiger charge is -2.30. The predicted molar refractivity (Wildman–Crippen MR) is 73.5 cm³/mol. The summed E-state index contributed by atoms with van der Waals surface area (Å²) in [6.07, 6.45) is 6.42. The van der Waals surface area contributed by atoms with E-state index in [-0.39, 0.29) is 11.9 Å². The minimum Gasteiger partial charge on any atom is -0.353 e. The number of hydrogen-bond donors (Lipinski definition) is 2. The zero-order valence-corrected chi connectivity index (χ0v) is 11.7. The summed E-state index contributed by atoms with van der Waals surface area (Å²) in [7, 11) is 0. The third kappa shape index (κ3) is 4.58. The summed E-state index contributed by atoms with van der Waals surface area (Å²) in [5.41, 5.74) is 0. The van der Waals surface area contributed by atoms with Gasteiger partial charge in [-0.2, -0.15) is 0 Å². The van der Waals surface area contributed by atoms with Crippen molar-refractivity contribution < 1.29 is 4.79 Å². The molecule has 0 aromatic heterocycles. The highest BCUT2D eigenvalue weighted by Crippen LogP contribution is 2.27. The second-order valence-corrected chi connectivity index (χ2v) is 6.03. The van der Waals surface area contributed by atoms with Gasteiger partial charge >= 0.3 is 0 Å². The van der Waals surface area contributed by atoms with E-state index in [1.165, 1.54) is 32.1 Å². The number of amides is 1. The molecule has 0 aromatic carbocycles. The number of rotatable bonds is 6. The lowest BCUT2D eigenvalue weighted by molar-refractivity contribution is -0.123. The minimum absolute atomic E-state index is 0.174. The molecule has 1 aliphatic heterocycles. The number of piperidine rings is 1. The molecule has 2 fully saturated rings. The fraction of sp³-hybridized carbons (Fsp3) is 0.929. The van der Waals surface area contributed by atoms with Crippen LogP contribution in [0, 0.1) is 0 Å². The quantitative estimate of drug-likeness (QED) is 0.745. The topological polar surface area (TPSA) is 44.4 Å². The van der Waals surface area contributed by atoms with Crippen LogP contribution in [0.4, 0.5) is 0 Å². The Bertz CT molecular complexity index is 270. The molecular formula is C14H27N3O. The van der Waals surface area contributed by atoms with E-state index in [9.17, 15) is 4.79 Å². The molecule has 1 heterocycles. The Balaban J connectivity index is 1.78. The maximum atomic E-state index is 11.9. The summed E-state index contributed by atoms with van der Waals surface area (Å²) in [6.45, 7) is 6.78. The van der Waals surface area contributed by atoms with Crippen LogP contribution in [-0.2, 0) is 4.79 Å². The number of nitrogens with one attached hydrogen (secondary N) is 2. The molecule has 104 valence electrons. The first kappa shape index (κ1) is 13.8. The largest absolute Gasteiger partial charge is 0.353 e. The summed E-state index contributed by atoms with van der Waals surface area (Å²) >= 11 is 0. The van der Waals surface area contributed by atoms with Crippen LogP contribution in [0.25, 0.3) is 0 Å². The van der Waals surface area contributed by atoms with Crippen molar-refractivity contribution in [1.29, 1.82) is 0 Å². The zero-order valence-electron chi connectivity index (χ0n) is 11.7. The lowest BCUT2D eigenvalue weighted by Crippen LogP contribution is -2.48. The Morgan fingerprint density at radius 3 is 2.67 bits per heavy atom. The van der Waals surface area contributed by atoms with E-state index in [1.54, 1.807) is 0 Å². The predicted octanol–water partition coefficient (Wildman–Crippen LogP) is 1.12. The van der Waals surface area contributed by atoms with Gasteiger partial charge in [0.15, 0.2) is 0 Å². The van der Waals surface area contributed by atoms with E-state index in [0.29, 0.717) is 18.6 Å². The number of nitrogens with zero attached hydrogens (tertiary/aromatic N) is 1. The average molecular weight is 253 g/mol. The van der Waals surface area contributed by atoms with E-state index in [2.05, 4.69) is 15.5 Å². The van der Waals surface area contributed by atoms with Crippen LogP contribution in [0.1, 0.15) is 46.0 Å².